The molecule has 2 N–H and O–H groups in total. The zero-order valence-electron chi connectivity index (χ0n) is 18.7. The van der Waals surface area contributed by atoms with Gasteiger partial charge in [-0.2, -0.15) is 0 Å². The van der Waals surface area contributed by atoms with Crippen molar-refractivity contribution in [3.05, 3.63) is 70.9 Å². The van der Waals surface area contributed by atoms with E-state index in [0.717, 1.165) is 50.4 Å². The van der Waals surface area contributed by atoms with Crippen molar-refractivity contribution < 1.29 is 23.0 Å². The fourth-order valence-corrected chi connectivity index (χ4v) is 4.48. The van der Waals surface area contributed by atoms with Crippen molar-refractivity contribution in [1.29, 1.82) is 0 Å². The fourth-order valence-electron chi connectivity index (χ4n) is 3.59. The molecule has 0 aliphatic heterocycles. The summed E-state index contributed by atoms with van der Waals surface area (Å²) in [5.41, 5.74) is 2.89. The Balaban J connectivity index is 1.34. The fraction of sp³-hybridized carbons (Fsp3) is 0.280. The highest BCUT2D eigenvalue weighted by molar-refractivity contribution is 7.18. The van der Waals surface area contributed by atoms with E-state index in [1.165, 1.54) is 12.1 Å². The number of ether oxygens (including phenoxy) is 1. The second-order valence-electron chi connectivity index (χ2n) is 7.98. The summed E-state index contributed by atoms with van der Waals surface area (Å²) in [6, 6.07) is 15.8. The number of nitrogens with zero attached hydrogens (tertiary/aromatic N) is 2. The van der Waals surface area contributed by atoms with Gasteiger partial charge in [0.15, 0.2) is 5.82 Å². The highest BCUT2D eigenvalue weighted by Crippen LogP contribution is 2.30. The molecule has 0 bridgehead atoms. The first kappa shape index (κ1) is 24.0. The summed E-state index contributed by atoms with van der Waals surface area (Å²) in [5, 5.41) is 14.2. The van der Waals surface area contributed by atoms with Crippen molar-refractivity contribution in [2.75, 3.05) is 11.9 Å². The van der Waals surface area contributed by atoms with E-state index in [4.69, 9.17) is 0 Å². The van der Waals surface area contributed by atoms with Crippen molar-refractivity contribution in [2.45, 2.75) is 39.2 Å². The summed E-state index contributed by atoms with van der Waals surface area (Å²) in [6.45, 7) is 4.38. The molecule has 34 heavy (non-hydrogen) atoms. The summed E-state index contributed by atoms with van der Waals surface area (Å²) in [6.07, 6.45) is -3.70. The number of hydrogen-bond acceptors (Lipinski definition) is 6. The highest BCUT2D eigenvalue weighted by Gasteiger charge is 2.30. The molecule has 1 atom stereocenters. The van der Waals surface area contributed by atoms with Crippen LogP contribution in [0.15, 0.2) is 54.6 Å². The minimum Gasteiger partial charge on any atom is -0.406 e. The van der Waals surface area contributed by atoms with Gasteiger partial charge < -0.3 is 15.2 Å². The third-order valence-electron chi connectivity index (χ3n) is 5.22. The number of aryl methyl sites for hydroxylation is 2. The van der Waals surface area contributed by atoms with Gasteiger partial charge in [-0.25, -0.2) is 9.97 Å². The molecule has 5 nitrogen and oxygen atoms in total. The molecule has 0 saturated carbocycles. The lowest BCUT2D eigenvalue weighted by molar-refractivity contribution is -0.274. The summed E-state index contributed by atoms with van der Waals surface area (Å²) in [7, 11) is 0. The SMILES string of the molecule is Cc1cc2c(NCCCc3ccc(-c4ccc(OC(F)(F)F)cc4)cc3)nc(C(C)O)nc2s1. The molecule has 0 amide bonds. The molecule has 1 unspecified atom stereocenters. The molecule has 2 aromatic carbocycles. The second kappa shape index (κ2) is 9.99. The van der Waals surface area contributed by atoms with Gasteiger partial charge in [0.2, 0.25) is 0 Å². The normalized spacial score (nSPS) is 12.6. The molecule has 178 valence electrons. The third kappa shape index (κ3) is 6.03. The number of hydrogen-bond donors (Lipinski definition) is 2. The minimum absolute atomic E-state index is 0.237. The van der Waals surface area contributed by atoms with E-state index in [9.17, 15) is 18.3 Å². The largest absolute Gasteiger partial charge is 0.573 e. The average molecular weight is 488 g/mol. The Labute approximate surface area is 199 Å². The Morgan fingerprint density at radius 1 is 1.03 bits per heavy atom. The predicted molar refractivity (Wildman–Crippen MR) is 128 cm³/mol. The van der Waals surface area contributed by atoms with Crippen molar-refractivity contribution in [2.24, 2.45) is 0 Å². The monoisotopic (exact) mass is 487 g/mol. The standard InChI is InChI=1S/C25H24F3N3O2S/c1-15-14-21-23(30-22(16(2)32)31-24(21)34-15)29-13-3-4-17-5-7-18(8-6-17)19-9-11-20(12-10-19)33-25(26,27)28/h5-12,14,16,32H,3-4,13H2,1-2H3,(H,29,30,31). The van der Waals surface area contributed by atoms with Crippen LogP contribution < -0.4 is 10.1 Å². The van der Waals surface area contributed by atoms with Crippen LogP contribution in [0.3, 0.4) is 0 Å². The lowest BCUT2D eigenvalue weighted by Crippen LogP contribution is -2.16. The van der Waals surface area contributed by atoms with Gasteiger partial charge in [-0.15, -0.1) is 24.5 Å². The molecule has 0 radical (unpaired) electrons. The summed E-state index contributed by atoms with van der Waals surface area (Å²) in [5.74, 6) is 0.906. The van der Waals surface area contributed by atoms with Crippen molar-refractivity contribution >= 4 is 27.4 Å². The number of anilines is 1. The maximum atomic E-state index is 12.3. The van der Waals surface area contributed by atoms with Gasteiger partial charge >= 0.3 is 6.36 Å². The van der Waals surface area contributed by atoms with Gasteiger partial charge in [-0.05, 0) is 61.6 Å². The molecular formula is C25H24F3N3O2S. The molecular weight excluding hydrogens is 463 g/mol. The molecule has 0 fully saturated rings. The Hall–Kier alpha value is -3.17. The van der Waals surface area contributed by atoms with Gasteiger partial charge in [0.25, 0.3) is 0 Å². The first-order chi connectivity index (χ1) is 16.2. The van der Waals surface area contributed by atoms with Gasteiger partial charge in [0.1, 0.15) is 22.5 Å². The number of nitrogens with one attached hydrogen (secondary N) is 1. The predicted octanol–water partition coefficient (Wildman–Crippen LogP) is 6.66. The Kier molecular flexibility index (Phi) is 7.04. The Bertz CT molecular complexity index is 1250. The van der Waals surface area contributed by atoms with E-state index >= 15 is 0 Å². The third-order valence-corrected chi connectivity index (χ3v) is 6.16. The molecule has 9 heteroatoms. The van der Waals surface area contributed by atoms with Gasteiger partial charge in [-0.3, -0.25) is 0 Å². The van der Waals surface area contributed by atoms with Crippen LogP contribution in [0.25, 0.3) is 21.3 Å². The van der Waals surface area contributed by atoms with Crippen LogP contribution in [0.1, 0.15) is 35.7 Å². The maximum Gasteiger partial charge on any atom is 0.573 e. The summed E-state index contributed by atoms with van der Waals surface area (Å²) >= 11 is 1.58. The van der Waals surface area contributed by atoms with Crippen LogP contribution in [0.2, 0.25) is 0 Å². The summed E-state index contributed by atoms with van der Waals surface area (Å²) < 4.78 is 40.8. The van der Waals surface area contributed by atoms with E-state index in [1.807, 2.05) is 31.2 Å². The van der Waals surface area contributed by atoms with E-state index in [2.05, 4.69) is 26.1 Å². The van der Waals surface area contributed by atoms with Crippen LogP contribution in [0.5, 0.6) is 5.75 Å². The molecule has 2 heterocycles. The molecule has 2 aromatic heterocycles. The topological polar surface area (TPSA) is 67.3 Å². The molecule has 0 aliphatic carbocycles. The van der Waals surface area contributed by atoms with Gasteiger partial charge in [-0.1, -0.05) is 36.4 Å². The van der Waals surface area contributed by atoms with E-state index in [1.54, 1.807) is 30.4 Å². The lowest BCUT2D eigenvalue weighted by atomic mass is 10.0. The van der Waals surface area contributed by atoms with Crippen molar-refractivity contribution in [3.63, 3.8) is 0 Å². The van der Waals surface area contributed by atoms with E-state index < -0.39 is 12.5 Å². The lowest BCUT2D eigenvalue weighted by Gasteiger charge is -2.11. The number of thiophene rings is 1. The number of aliphatic hydroxyl groups excluding tert-OH is 1. The van der Waals surface area contributed by atoms with Crippen LogP contribution >= 0.6 is 11.3 Å². The molecule has 0 spiro atoms. The quantitative estimate of drug-likeness (QED) is 0.272. The molecule has 0 saturated heterocycles. The number of rotatable bonds is 8. The van der Waals surface area contributed by atoms with Crippen LogP contribution in [-0.4, -0.2) is 28.0 Å². The number of aliphatic hydroxyl groups is 1. The maximum absolute atomic E-state index is 12.3. The van der Waals surface area contributed by atoms with Crippen LogP contribution in [0.4, 0.5) is 19.0 Å². The number of benzene rings is 2. The number of fused-ring (bicyclic) bond motifs is 1. The van der Waals surface area contributed by atoms with Crippen LogP contribution in [0, 0.1) is 6.92 Å². The Morgan fingerprint density at radius 3 is 2.29 bits per heavy atom. The average Bonchev–Trinajstić information content (AvgIpc) is 3.17. The minimum atomic E-state index is -4.69. The Morgan fingerprint density at radius 2 is 1.68 bits per heavy atom. The number of halogens is 3. The highest BCUT2D eigenvalue weighted by atomic mass is 32.1. The molecule has 4 rings (SSSR count). The smallest absolute Gasteiger partial charge is 0.406 e. The number of alkyl halides is 3. The van der Waals surface area contributed by atoms with E-state index in [-0.39, 0.29) is 5.75 Å². The second-order valence-corrected chi connectivity index (χ2v) is 9.22. The zero-order valence-corrected chi connectivity index (χ0v) is 19.5. The molecule has 0 aliphatic rings. The summed E-state index contributed by atoms with van der Waals surface area (Å²) in [4.78, 5) is 10.9. The van der Waals surface area contributed by atoms with Crippen molar-refractivity contribution in [3.8, 4) is 16.9 Å². The van der Waals surface area contributed by atoms with Crippen LogP contribution in [-0.2, 0) is 6.42 Å². The van der Waals surface area contributed by atoms with Gasteiger partial charge in [0.05, 0.1) is 5.39 Å². The van der Waals surface area contributed by atoms with Gasteiger partial charge in [0, 0.05) is 11.4 Å². The van der Waals surface area contributed by atoms with Crippen molar-refractivity contribution in [1.82, 2.24) is 9.97 Å². The first-order valence-electron chi connectivity index (χ1n) is 10.8. The number of aromatic nitrogens is 2. The molecule has 4 aromatic rings. The first-order valence-corrected chi connectivity index (χ1v) is 11.6. The van der Waals surface area contributed by atoms with E-state index in [0.29, 0.717) is 12.4 Å². The zero-order chi connectivity index (χ0) is 24.3.